The van der Waals surface area contributed by atoms with Crippen molar-refractivity contribution in [3.63, 3.8) is 0 Å². The molecule has 0 unspecified atom stereocenters. The van der Waals surface area contributed by atoms with Crippen LogP contribution in [0.1, 0.15) is 25.5 Å². The van der Waals surface area contributed by atoms with E-state index in [1.165, 1.54) is 0 Å². The third-order valence-corrected chi connectivity index (χ3v) is 5.12. The third-order valence-electron chi connectivity index (χ3n) is 4.89. The topological polar surface area (TPSA) is 36.3 Å². The summed E-state index contributed by atoms with van der Waals surface area (Å²) in [6, 6.07) is 15.8. The molecule has 0 bridgehead atoms. The number of benzene rings is 2. The molecule has 2 heterocycles. The summed E-state index contributed by atoms with van der Waals surface area (Å²) < 4.78 is 14.3. The van der Waals surface area contributed by atoms with Crippen LogP contribution in [0.15, 0.2) is 60.9 Å². The van der Waals surface area contributed by atoms with Gasteiger partial charge in [-0.05, 0) is 32.0 Å². The number of ether oxygens (including phenoxy) is 2. The monoisotopic (exact) mass is 368 g/mol. The Morgan fingerprint density at radius 3 is 2.65 bits per heavy atom. The van der Waals surface area contributed by atoms with Crippen LogP contribution < -0.4 is 4.74 Å². The number of aromatic nitrogens is 2. The first-order chi connectivity index (χ1) is 12.5. The fraction of sp³-hybridized carbons (Fsp3) is 0.286. The minimum absolute atomic E-state index is 0.102. The zero-order valence-corrected chi connectivity index (χ0v) is 15.8. The smallest absolute Gasteiger partial charge is 0.140 e. The molecule has 1 aliphatic rings. The molecule has 4 nitrogen and oxygen atoms in total. The molecule has 0 saturated heterocycles. The van der Waals surface area contributed by atoms with Crippen molar-refractivity contribution in [2.24, 2.45) is 0 Å². The van der Waals surface area contributed by atoms with Crippen molar-refractivity contribution in [2.75, 3.05) is 7.11 Å². The molecule has 2 atom stereocenters. The maximum atomic E-state index is 6.30. The van der Waals surface area contributed by atoms with Gasteiger partial charge in [-0.1, -0.05) is 41.9 Å². The maximum absolute atomic E-state index is 6.30. The molecule has 1 aromatic heterocycles. The molecule has 5 heteroatoms. The Morgan fingerprint density at radius 2 is 1.92 bits per heavy atom. The lowest BCUT2D eigenvalue weighted by atomic mass is 9.86. The van der Waals surface area contributed by atoms with Gasteiger partial charge in [0.1, 0.15) is 23.3 Å². The Hall–Kier alpha value is -2.30. The van der Waals surface area contributed by atoms with E-state index in [1.54, 1.807) is 7.11 Å². The molecule has 1 aliphatic heterocycles. The van der Waals surface area contributed by atoms with Crippen molar-refractivity contribution in [2.45, 2.75) is 31.6 Å². The minimum atomic E-state index is -0.502. The largest absolute Gasteiger partial charge is 0.485 e. The summed E-state index contributed by atoms with van der Waals surface area (Å²) in [6.45, 7) is 4.09. The fourth-order valence-electron chi connectivity index (χ4n) is 3.78. The number of nitrogens with zero attached hydrogens (tertiary/aromatic N) is 2. The highest BCUT2D eigenvalue weighted by atomic mass is 35.5. The highest BCUT2D eigenvalue weighted by Gasteiger charge is 2.45. The lowest BCUT2D eigenvalue weighted by Gasteiger charge is -2.44. The summed E-state index contributed by atoms with van der Waals surface area (Å²) in [5.41, 5.74) is 1.55. The predicted octanol–water partition coefficient (Wildman–Crippen LogP) is 4.98. The van der Waals surface area contributed by atoms with Gasteiger partial charge >= 0.3 is 0 Å². The Balaban J connectivity index is 1.93. The van der Waals surface area contributed by atoms with E-state index < -0.39 is 5.60 Å². The van der Waals surface area contributed by atoms with Gasteiger partial charge in [0.15, 0.2) is 0 Å². The van der Waals surface area contributed by atoms with E-state index >= 15 is 0 Å². The Morgan fingerprint density at radius 1 is 1.15 bits per heavy atom. The molecule has 134 valence electrons. The van der Waals surface area contributed by atoms with Crippen molar-refractivity contribution in [1.29, 1.82) is 0 Å². The number of hydrogen-bond acceptors (Lipinski definition) is 3. The van der Waals surface area contributed by atoms with Gasteiger partial charge in [-0.2, -0.15) is 0 Å². The van der Waals surface area contributed by atoms with E-state index in [0.717, 1.165) is 22.7 Å². The van der Waals surface area contributed by atoms with E-state index in [-0.39, 0.29) is 12.1 Å². The quantitative estimate of drug-likeness (QED) is 0.654. The second-order valence-electron chi connectivity index (χ2n) is 7.01. The molecule has 2 aromatic carbocycles. The van der Waals surface area contributed by atoms with Crippen molar-refractivity contribution in [3.05, 3.63) is 71.5 Å². The molecule has 4 rings (SSSR count). The number of fused-ring (bicyclic) bond motifs is 1. The Kier molecular flexibility index (Phi) is 4.25. The van der Waals surface area contributed by atoms with Crippen LogP contribution in [0.4, 0.5) is 0 Å². The second kappa shape index (κ2) is 6.45. The second-order valence-corrected chi connectivity index (χ2v) is 7.45. The van der Waals surface area contributed by atoms with Crippen LogP contribution in [0.25, 0.3) is 11.4 Å². The zero-order valence-electron chi connectivity index (χ0n) is 15.0. The van der Waals surface area contributed by atoms with Crippen LogP contribution >= 0.6 is 11.6 Å². The summed E-state index contributed by atoms with van der Waals surface area (Å²) in [7, 11) is 1.72. The molecule has 0 amide bonds. The number of hydrogen-bond donors (Lipinski definition) is 0. The van der Waals surface area contributed by atoms with E-state index in [4.69, 9.17) is 21.1 Å². The van der Waals surface area contributed by atoms with Gasteiger partial charge in [0.05, 0.1) is 6.04 Å². The highest BCUT2D eigenvalue weighted by molar-refractivity contribution is 6.30. The molecular weight excluding hydrogens is 348 g/mol. The fourth-order valence-corrected chi connectivity index (χ4v) is 3.97. The van der Waals surface area contributed by atoms with E-state index in [2.05, 4.69) is 21.7 Å². The van der Waals surface area contributed by atoms with Crippen molar-refractivity contribution in [3.8, 4) is 17.1 Å². The van der Waals surface area contributed by atoms with Crippen LogP contribution in [-0.4, -0.2) is 28.4 Å². The number of imidazole rings is 1. The van der Waals surface area contributed by atoms with Gasteiger partial charge in [0.2, 0.25) is 0 Å². The van der Waals surface area contributed by atoms with Gasteiger partial charge in [-0.15, -0.1) is 0 Å². The maximum Gasteiger partial charge on any atom is 0.140 e. The summed E-state index contributed by atoms with van der Waals surface area (Å²) in [4.78, 5) is 4.61. The number of rotatable bonds is 3. The standard InChI is InChI=1S/C21H21ClN2O2/c1-21(2)19(25-3)18(16-13-15(22)9-10-17(16)26-21)24-12-11-23-20(24)14-7-5-4-6-8-14/h4-13,18-19H,1-3H3/t18-,19+/m1/s1. The number of halogens is 1. The zero-order chi connectivity index (χ0) is 18.3. The Labute approximate surface area is 158 Å². The van der Waals surface area contributed by atoms with Crippen molar-refractivity contribution >= 4 is 11.6 Å². The molecule has 0 saturated carbocycles. The van der Waals surface area contributed by atoms with Crippen LogP contribution in [-0.2, 0) is 4.74 Å². The first kappa shape index (κ1) is 17.1. The average Bonchev–Trinajstić information content (AvgIpc) is 3.10. The Bertz CT molecular complexity index is 921. The van der Waals surface area contributed by atoms with Gasteiger partial charge in [-0.3, -0.25) is 0 Å². The lowest BCUT2D eigenvalue weighted by Crippen LogP contribution is -2.51. The number of methoxy groups -OCH3 is 1. The first-order valence-electron chi connectivity index (χ1n) is 8.61. The molecule has 0 N–H and O–H groups in total. The summed E-state index contributed by atoms with van der Waals surface area (Å²) in [5, 5.41) is 0.674. The highest BCUT2D eigenvalue weighted by Crippen LogP contribution is 2.45. The lowest BCUT2D eigenvalue weighted by molar-refractivity contribution is -0.0852. The molecule has 0 radical (unpaired) electrons. The van der Waals surface area contributed by atoms with Crippen LogP contribution in [0.5, 0.6) is 5.75 Å². The van der Waals surface area contributed by atoms with Crippen LogP contribution in [0.2, 0.25) is 5.02 Å². The van der Waals surface area contributed by atoms with Crippen LogP contribution in [0.3, 0.4) is 0 Å². The first-order valence-corrected chi connectivity index (χ1v) is 8.98. The molecule has 3 aromatic rings. The van der Waals surface area contributed by atoms with E-state index in [0.29, 0.717) is 5.02 Å². The van der Waals surface area contributed by atoms with Gasteiger partial charge < -0.3 is 14.0 Å². The third kappa shape index (κ3) is 2.79. The van der Waals surface area contributed by atoms with Crippen molar-refractivity contribution in [1.82, 2.24) is 9.55 Å². The van der Waals surface area contributed by atoms with Crippen molar-refractivity contribution < 1.29 is 9.47 Å². The normalized spacial score (nSPS) is 21.1. The molecular formula is C21H21ClN2O2. The van der Waals surface area contributed by atoms with Gasteiger partial charge in [-0.25, -0.2) is 4.98 Å². The summed E-state index contributed by atoms with van der Waals surface area (Å²) in [6.07, 6.45) is 3.61. The molecule has 0 fully saturated rings. The summed E-state index contributed by atoms with van der Waals surface area (Å²) >= 11 is 6.30. The molecule has 0 spiro atoms. The van der Waals surface area contributed by atoms with E-state index in [1.807, 2.05) is 62.6 Å². The molecule has 0 aliphatic carbocycles. The molecule has 26 heavy (non-hydrogen) atoms. The SMILES string of the molecule is CO[C@H]1[C@H](n2ccnc2-c2ccccc2)c2cc(Cl)ccc2OC1(C)C. The summed E-state index contributed by atoms with van der Waals surface area (Å²) in [5.74, 6) is 1.71. The predicted molar refractivity (Wildman–Crippen MR) is 103 cm³/mol. The van der Waals surface area contributed by atoms with Gasteiger partial charge in [0.25, 0.3) is 0 Å². The van der Waals surface area contributed by atoms with E-state index in [9.17, 15) is 0 Å². The minimum Gasteiger partial charge on any atom is -0.485 e. The van der Waals surface area contributed by atoms with Gasteiger partial charge in [0, 0.05) is 35.7 Å². The van der Waals surface area contributed by atoms with Crippen LogP contribution in [0, 0.1) is 0 Å². The average molecular weight is 369 g/mol.